The van der Waals surface area contributed by atoms with Crippen LogP contribution in [0, 0.1) is 12.8 Å². The summed E-state index contributed by atoms with van der Waals surface area (Å²) in [6.45, 7) is 1.93. The van der Waals surface area contributed by atoms with Gasteiger partial charge >= 0.3 is 0 Å². The quantitative estimate of drug-likeness (QED) is 0.787. The fourth-order valence-electron chi connectivity index (χ4n) is 1.90. The summed E-state index contributed by atoms with van der Waals surface area (Å²) in [4.78, 5) is 19.4. The molecule has 0 atom stereocenters. The van der Waals surface area contributed by atoms with Gasteiger partial charge in [-0.05, 0) is 19.8 Å². The van der Waals surface area contributed by atoms with Crippen molar-refractivity contribution < 1.29 is 4.79 Å². The minimum Gasteiger partial charge on any atom is -0.367 e. The number of hydrogen-bond donors (Lipinski definition) is 2. The van der Waals surface area contributed by atoms with E-state index in [-0.39, 0.29) is 11.8 Å². The molecule has 1 amide bonds. The van der Waals surface area contributed by atoms with Gasteiger partial charge in [-0.2, -0.15) is 0 Å². The van der Waals surface area contributed by atoms with Gasteiger partial charge in [-0.15, -0.1) is 0 Å². The van der Waals surface area contributed by atoms with E-state index in [1.165, 1.54) is 0 Å². The third kappa shape index (κ3) is 2.29. The molecule has 2 rings (SSSR count). The number of rotatable bonds is 3. The molecule has 0 aromatic carbocycles. The Morgan fingerprint density at radius 3 is 2.81 bits per heavy atom. The molecule has 0 spiro atoms. The van der Waals surface area contributed by atoms with E-state index in [0.717, 1.165) is 24.4 Å². The maximum Gasteiger partial charge on any atom is 0.223 e. The zero-order valence-electron chi connectivity index (χ0n) is 9.53. The number of anilines is 1. The number of nitrogens with one attached hydrogen (secondary N) is 2. The maximum atomic E-state index is 11.3. The largest absolute Gasteiger partial charge is 0.367 e. The molecule has 5 nitrogen and oxygen atoms in total. The van der Waals surface area contributed by atoms with Gasteiger partial charge in [0.15, 0.2) is 0 Å². The van der Waals surface area contributed by atoms with Crippen molar-refractivity contribution in [2.24, 2.45) is 5.92 Å². The Morgan fingerprint density at radius 1 is 1.44 bits per heavy atom. The smallest absolute Gasteiger partial charge is 0.223 e. The summed E-state index contributed by atoms with van der Waals surface area (Å²) in [5.41, 5.74) is 0.944. The molecule has 1 fully saturated rings. The van der Waals surface area contributed by atoms with Crippen LogP contribution in [0.25, 0.3) is 0 Å². The van der Waals surface area contributed by atoms with Crippen LogP contribution in [0.1, 0.15) is 18.5 Å². The van der Waals surface area contributed by atoms with Gasteiger partial charge in [-0.25, -0.2) is 9.97 Å². The van der Waals surface area contributed by atoms with Crippen molar-refractivity contribution >= 4 is 11.7 Å². The highest BCUT2D eigenvalue weighted by atomic mass is 16.1. The third-order valence-electron chi connectivity index (χ3n) is 2.91. The first-order chi connectivity index (χ1) is 7.69. The average Bonchev–Trinajstić information content (AvgIpc) is 2.22. The molecule has 1 aliphatic rings. The maximum absolute atomic E-state index is 11.3. The highest BCUT2D eigenvalue weighted by Gasteiger charge is 2.33. The van der Waals surface area contributed by atoms with Crippen molar-refractivity contribution in [2.45, 2.75) is 25.8 Å². The first-order valence-electron chi connectivity index (χ1n) is 5.46. The van der Waals surface area contributed by atoms with E-state index in [1.807, 2.05) is 13.0 Å². The van der Waals surface area contributed by atoms with E-state index >= 15 is 0 Å². The van der Waals surface area contributed by atoms with Gasteiger partial charge in [-0.1, -0.05) is 0 Å². The summed E-state index contributed by atoms with van der Waals surface area (Å²) < 4.78 is 0. The first kappa shape index (κ1) is 10.9. The van der Waals surface area contributed by atoms with Crippen LogP contribution in [0.5, 0.6) is 0 Å². The molecule has 0 radical (unpaired) electrons. The Balaban J connectivity index is 1.84. The van der Waals surface area contributed by atoms with Crippen molar-refractivity contribution in [3.05, 3.63) is 18.1 Å². The van der Waals surface area contributed by atoms with Crippen LogP contribution in [-0.2, 0) is 4.79 Å². The molecule has 0 aliphatic heterocycles. The highest BCUT2D eigenvalue weighted by Crippen LogP contribution is 2.29. The van der Waals surface area contributed by atoms with Gasteiger partial charge in [-0.3, -0.25) is 4.79 Å². The normalized spacial score (nSPS) is 23.4. The number of aryl methyl sites for hydroxylation is 1. The van der Waals surface area contributed by atoms with Crippen LogP contribution >= 0.6 is 0 Å². The van der Waals surface area contributed by atoms with Crippen LogP contribution in [-0.4, -0.2) is 29.0 Å². The summed E-state index contributed by atoms with van der Waals surface area (Å²) >= 11 is 0. The van der Waals surface area contributed by atoms with Crippen molar-refractivity contribution in [2.75, 3.05) is 12.4 Å². The Labute approximate surface area is 94.7 Å². The molecule has 0 saturated heterocycles. The molecule has 1 heterocycles. The topological polar surface area (TPSA) is 66.9 Å². The van der Waals surface area contributed by atoms with E-state index in [2.05, 4.69) is 20.6 Å². The van der Waals surface area contributed by atoms with Gasteiger partial charge in [0.25, 0.3) is 0 Å². The SMILES string of the molecule is CNC(=O)[C@H]1C[C@H](Nc2cc(C)ncn2)C1. The second kappa shape index (κ2) is 4.47. The van der Waals surface area contributed by atoms with Crippen molar-refractivity contribution in [3.63, 3.8) is 0 Å². The van der Waals surface area contributed by atoms with E-state index in [9.17, 15) is 4.79 Å². The molecule has 2 N–H and O–H groups in total. The van der Waals surface area contributed by atoms with E-state index < -0.39 is 0 Å². The second-order valence-corrected chi connectivity index (χ2v) is 4.17. The second-order valence-electron chi connectivity index (χ2n) is 4.17. The zero-order valence-corrected chi connectivity index (χ0v) is 9.53. The number of nitrogens with zero attached hydrogens (tertiary/aromatic N) is 2. The van der Waals surface area contributed by atoms with Gasteiger partial charge in [0.2, 0.25) is 5.91 Å². The van der Waals surface area contributed by atoms with E-state index in [4.69, 9.17) is 0 Å². The standard InChI is InChI=1S/C11H16N4O/c1-7-3-10(14-6-13-7)15-9-4-8(5-9)11(16)12-2/h3,6,8-9H,4-5H2,1-2H3,(H,12,16)(H,13,14,15)/t8-,9-. The zero-order chi connectivity index (χ0) is 11.5. The van der Waals surface area contributed by atoms with Gasteiger partial charge in [0.1, 0.15) is 12.1 Å². The summed E-state index contributed by atoms with van der Waals surface area (Å²) in [7, 11) is 1.68. The van der Waals surface area contributed by atoms with Crippen LogP contribution in [0.4, 0.5) is 5.82 Å². The molecule has 86 valence electrons. The highest BCUT2D eigenvalue weighted by molar-refractivity contribution is 5.79. The monoisotopic (exact) mass is 220 g/mol. The lowest BCUT2D eigenvalue weighted by atomic mass is 9.79. The molecule has 5 heteroatoms. The van der Waals surface area contributed by atoms with Gasteiger partial charge in [0.05, 0.1) is 0 Å². The molecule has 1 aliphatic carbocycles. The van der Waals surface area contributed by atoms with Crippen LogP contribution in [0.2, 0.25) is 0 Å². The number of aromatic nitrogens is 2. The average molecular weight is 220 g/mol. The Bertz CT molecular complexity index is 387. The number of carbonyl (C=O) groups is 1. The third-order valence-corrected chi connectivity index (χ3v) is 2.91. The van der Waals surface area contributed by atoms with Crippen LogP contribution < -0.4 is 10.6 Å². The predicted octanol–water partition coefficient (Wildman–Crippen LogP) is 0.722. The van der Waals surface area contributed by atoms with Gasteiger partial charge in [0, 0.05) is 30.8 Å². The summed E-state index contributed by atoms with van der Waals surface area (Å²) in [6.07, 6.45) is 3.30. The Kier molecular flexibility index (Phi) is 3.03. The fraction of sp³-hybridized carbons (Fsp3) is 0.545. The summed E-state index contributed by atoms with van der Waals surface area (Å²) in [6, 6.07) is 2.27. The lowest BCUT2D eigenvalue weighted by Crippen LogP contribution is -2.43. The molecule has 1 aromatic heterocycles. The van der Waals surface area contributed by atoms with Gasteiger partial charge < -0.3 is 10.6 Å². The summed E-state index contributed by atoms with van der Waals surface area (Å²) in [5, 5.41) is 5.97. The molecule has 16 heavy (non-hydrogen) atoms. The number of hydrogen-bond acceptors (Lipinski definition) is 4. The molecular formula is C11H16N4O. The lowest BCUT2D eigenvalue weighted by Gasteiger charge is -2.34. The number of amides is 1. The minimum absolute atomic E-state index is 0.136. The molecular weight excluding hydrogens is 204 g/mol. The van der Waals surface area contributed by atoms with Crippen molar-refractivity contribution in [1.82, 2.24) is 15.3 Å². The van der Waals surface area contributed by atoms with Crippen molar-refractivity contribution in [3.8, 4) is 0 Å². The predicted molar refractivity (Wildman–Crippen MR) is 61.0 cm³/mol. The fourth-order valence-corrected chi connectivity index (χ4v) is 1.90. The summed E-state index contributed by atoms with van der Waals surface area (Å²) in [5.74, 6) is 1.13. The van der Waals surface area contributed by atoms with Crippen molar-refractivity contribution in [1.29, 1.82) is 0 Å². The van der Waals surface area contributed by atoms with E-state index in [1.54, 1.807) is 13.4 Å². The molecule has 1 aromatic rings. The molecule has 1 saturated carbocycles. The minimum atomic E-state index is 0.136. The number of carbonyl (C=O) groups excluding carboxylic acids is 1. The van der Waals surface area contributed by atoms with Crippen LogP contribution in [0.3, 0.4) is 0 Å². The molecule has 0 bridgehead atoms. The Hall–Kier alpha value is -1.65. The molecule has 0 unspecified atom stereocenters. The van der Waals surface area contributed by atoms with Crippen LogP contribution in [0.15, 0.2) is 12.4 Å². The van der Waals surface area contributed by atoms with E-state index in [0.29, 0.717) is 6.04 Å². The lowest BCUT2D eigenvalue weighted by molar-refractivity contribution is -0.127. The Morgan fingerprint density at radius 2 is 2.19 bits per heavy atom. The first-order valence-corrected chi connectivity index (χ1v) is 5.46.